The van der Waals surface area contributed by atoms with Crippen LogP contribution in [0.15, 0.2) is 47.5 Å². The topological polar surface area (TPSA) is 84.2 Å². The van der Waals surface area contributed by atoms with Crippen LogP contribution in [0.3, 0.4) is 0 Å². The number of aromatic nitrogens is 4. The minimum absolute atomic E-state index is 0.0601. The first-order valence-electron chi connectivity index (χ1n) is 10.5. The number of fused-ring (bicyclic) bond motifs is 1. The zero-order valence-corrected chi connectivity index (χ0v) is 16.8. The van der Waals surface area contributed by atoms with E-state index in [0.717, 1.165) is 24.6 Å². The van der Waals surface area contributed by atoms with Gasteiger partial charge in [0.15, 0.2) is 5.82 Å². The normalized spacial score (nSPS) is 16.8. The summed E-state index contributed by atoms with van der Waals surface area (Å²) in [6.45, 7) is 3.11. The van der Waals surface area contributed by atoms with Crippen LogP contribution in [0, 0.1) is 0 Å². The molecule has 0 spiro atoms. The van der Waals surface area contributed by atoms with Gasteiger partial charge in [0.25, 0.3) is 5.56 Å². The zero-order valence-electron chi connectivity index (χ0n) is 16.8. The highest BCUT2D eigenvalue weighted by Gasteiger charge is 2.26. The van der Waals surface area contributed by atoms with Gasteiger partial charge in [-0.25, -0.2) is 4.98 Å². The lowest BCUT2D eigenvalue weighted by Crippen LogP contribution is -2.49. The second-order valence-corrected chi connectivity index (χ2v) is 7.97. The smallest absolute Gasteiger partial charge is 0.261 e. The van der Waals surface area contributed by atoms with Gasteiger partial charge in [0, 0.05) is 45.1 Å². The van der Waals surface area contributed by atoms with Gasteiger partial charge in [0.2, 0.25) is 5.91 Å². The van der Waals surface area contributed by atoms with E-state index in [1.54, 1.807) is 6.07 Å². The number of aryl methyl sites for hydroxylation is 1. The Balaban J connectivity index is 1.16. The summed E-state index contributed by atoms with van der Waals surface area (Å²) in [4.78, 5) is 33.6. The van der Waals surface area contributed by atoms with Gasteiger partial charge in [-0.3, -0.25) is 14.2 Å². The molecule has 1 saturated heterocycles. The van der Waals surface area contributed by atoms with Crippen molar-refractivity contribution < 1.29 is 4.79 Å². The predicted octanol–water partition coefficient (Wildman–Crippen LogP) is 1.80. The molecule has 1 aliphatic heterocycles. The van der Waals surface area contributed by atoms with Gasteiger partial charge in [-0.2, -0.15) is 5.10 Å². The van der Waals surface area contributed by atoms with Crippen molar-refractivity contribution in [3.05, 3.63) is 58.8 Å². The van der Waals surface area contributed by atoms with Crippen LogP contribution in [-0.2, 0) is 11.3 Å². The number of carbonyl (C=O) groups is 1. The molecular formula is C22H24N6O2. The van der Waals surface area contributed by atoms with E-state index in [-0.39, 0.29) is 17.9 Å². The van der Waals surface area contributed by atoms with Gasteiger partial charge in [-0.1, -0.05) is 12.1 Å². The molecule has 0 N–H and O–H groups in total. The molecule has 0 radical (unpaired) electrons. The van der Waals surface area contributed by atoms with Crippen LogP contribution in [0.25, 0.3) is 10.9 Å². The number of rotatable bonds is 5. The molecule has 30 heavy (non-hydrogen) atoms. The molecule has 0 atom stereocenters. The maximum absolute atomic E-state index is 12.7. The van der Waals surface area contributed by atoms with Crippen LogP contribution in [-0.4, -0.2) is 56.7 Å². The molecule has 1 aliphatic carbocycles. The van der Waals surface area contributed by atoms with Crippen molar-refractivity contribution in [2.75, 3.05) is 31.1 Å². The number of amides is 1. The van der Waals surface area contributed by atoms with Crippen molar-refractivity contribution in [2.45, 2.75) is 31.7 Å². The van der Waals surface area contributed by atoms with Gasteiger partial charge < -0.3 is 9.80 Å². The summed E-state index contributed by atoms with van der Waals surface area (Å²) in [5.41, 5.74) is 1.66. The Morgan fingerprint density at radius 2 is 1.80 bits per heavy atom. The summed E-state index contributed by atoms with van der Waals surface area (Å²) < 4.78 is 1.52. The summed E-state index contributed by atoms with van der Waals surface area (Å²) in [6, 6.07) is 11.4. The molecule has 5 rings (SSSR count). The molecule has 3 aromatic rings. The fraction of sp³-hybridized carbons (Fsp3) is 0.409. The lowest BCUT2D eigenvalue weighted by molar-refractivity contribution is -0.131. The van der Waals surface area contributed by atoms with Gasteiger partial charge in [-0.15, -0.1) is 5.10 Å². The summed E-state index contributed by atoms with van der Waals surface area (Å²) in [7, 11) is 0. The molecule has 1 saturated carbocycles. The SMILES string of the molecule is O=C(CCn1cnc2ccccc2c1=O)N1CCN(c2ccc(C3CC3)nn2)CC1. The standard InChI is InChI=1S/C22H24N6O2/c29-21(9-10-28-15-23-19-4-2-1-3-17(19)22(28)30)27-13-11-26(12-14-27)20-8-7-18(24-25-20)16-5-6-16/h1-4,7-8,15-16H,5-6,9-14H2. The Labute approximate surface area is 174 Å². The largest absolute Gasteiger partial charge is 0.352 e. The predicted molar refractivity (Wildman–Crippen MR) is 113 cm³/mol. The van der Waals surface area contributed by atoms with Crippen LogP contribution in [0.2, 0.25) is 0 Å². The van der Waals surface area contributed by atoms with Crippen LogP contribution >= 0.6 is 0 Å². The molecule has 8 heteroatoms. The van der Waals surface area contributed by atoms with Gasteiger partial charge in [-0.05, 0) is 37.1 Å². The third-order valence-electron chi connectivity index (χ3n) is 5.92. The molecule has 3 heterocycles. The van der Waals surface area contributed by atoms with Crippen molar-refractivity contribution >= 4 is 22.6 Å². The number of benzene rings is 1. The Bertz CT molecular complexity index is 1110. The maximum atomic E-state index is 12.7. The number of hydrogen-bond donors (Lipinski definition) is 0. The number of para-hydroxylation sites is 1. The Morgan fingerprint density at radius 1 is 1.00 bits per heavy atom. The van der Waals surface area contributed by atoms with Gasteiger partial charge in [0.05, 0.1) is 22.9 Å². The summed E-state index contributed by atoms with van der Waals surface area (Å²) in [5, 5.41) is 9.30. The van der Waals surface area contributed by atoms with E-state index >= 15 is 0 Å². The number of carbonyl (C=O) groups excluding carboxylic acids is 1. The molecule has 8 nitrogen and oxygen atoms in total. The first kappa shape index (κ1) is 18.7. The average molecular weight is 404 g/mol. The van der Waals surface area contributed by atoms with Crippen molar-refractivity contribution in [1.29, 1.82) is 0 Å². The zero-order chi connectivity index (χ0) is 20.5. The maximum Gasteiger partial charge on any atom is 0.261 e. The van der Waals surface area contributed by atoms with E-state index in [1.807, 2.05) is 29.2 Å². The van der Waals surface area contributed by atoms with E-state index in [2.05, 4.69) is 26.1 Å². The highest BCUT2D eigenvalue weighted by Crippen LogP contribution is 2.38. The summed E-state index contributed by atoms with van der Waals surface area (Å²) in [5.74, 6) is 1.54. The minimum Gasteiger partial charge on any atom is -0.352 e. The van der Waals surface area contributed by atoms with E-state index < -0.39 is 0 Å². The Hall–Kier alpha value is -3.29. The van der Waals surface area contributed by atoms with Gasteiger partial charge >= 0.3 is 0 Å². The van der Waals surface area contributed by atoms with Crippen molar-refractivity contribution in [2.24, 2.45) is 0 Å². The first-order valence-corrected chi connectivity index (χ1v) is 10.5. The molecule has 0 bridgehead atoms. The fourth-order valence-corrected chi connectivity index (χ4v) is 3.93. The number of nitrogens with zero attached hydrogens (tertiary/aromatic N) is 6. The van der Waals surface area contributed by atoms with E-state index in [0.29, 0.717) is 36.5 Å². The number of hydrogen-bond acceptors (Lipinski definition) is 6. The molecule has 154 valence electrons. The number of anilines is 1. The summed E-state index contributed by atoms with van der Waals surface area (Å²) >= 11 is 0. The van der Waals surface area contributed by atoms with Crippen LogP contribution in [0.5, 0.6) is 0 Å². The van der Waals surface area contributed by atoms with Crippen LogP contribution in [0.4, 0.5) is 5.82 Å². The van der Waals surface area contributed by atoms with Crippen molar-refractivity contribution in [1.82, 2.24) is 24.6 Å². The quantitative estimate of drug-likeness (QED) is 0.645. The Kier molecular flexibility index (Phi) is 4.90. The molecular weight excluding hydrogens is 380 g/mol. The van der Waals surface area contributed by atoms with E-state index in [1.165, 1.54) is 23.7 Å². The number of piperazine rings is 1. The molecule has 2 fully saturated rings. The molecule has 0 unspecified atom stereocenters. The van der Waals surface area contributed by atoms with Crippen LogP contribution < -0.4 is 10.5 Å². The molecule has 2 aliphatic rings. The lowest BCUT2D eigenvalue weighted by atomic mass is 10.2. The third-order valence-corrected chi connectivity index (χ3v) is 5.92. The van der Waals surface area contributed by atoms with Gasteiger partial charge in [0.1, 0.15) is 0 Å². The van der Waals surface area contributed by atoms with Crippen LogP contribution in [0.1, 0.15) is 30.9 Å². The molecule has 1 amide bonds. The highest BCUT2D eigenvalue weighted by molar-refractivity contribution is 5.77. The lowest BCUT2D eigenvalue weighted by Gasteiger charge is -2.35. The Morgan fingerprint density at radius 3 is 2.53 bits per heavy atom. The van der Waals surface area contributed by atoms with E-state index in [4.69, 9.17) is 0 Å². The average Bonchev–Trinajstić information content (AvgIpc) is 3.64. The first-order chi connectivity index (χ1) is 14.7. The minimum atomic E-state index is -0.105. The molecule has 1 aromatic carbocycles. The fourth-order valence-electron chi connectivity index (χ4n) is 3.93. The highest BCUT2D eigenvalue weighted by atomic mass is 16.2. The van der Waals surface area contributed by atoms with Crippen molar-refractivity contribution in [3.8, 4) is 0 Å². The summed E-state index contributed by atoms with van der Waals surface area (Å²) in [6.07, 6.45) is 4.25. The third kappa shape index (κ3) is 3.77. The molecule has 2 aromatic heterocycles. The van der Waals surface area contributed by atoms with E-state index in [9.17, 15) is 9.59 Å². The van der Waals surface area contributed by atoms with Crippen molar-refractivity contribution in [3.63, 3.8) is 0 Å². The second-order valence-electron chi connectivity index (χ2n) is 7.97. The second kappa shape index (κ2) is 7.85. The monoisotopic (exact) mass is 404 g/mol.